The predicted molar refractivity (Wildman–Crippen MR) is 67.7 cm³/mol. The lowest BCUT2D eigenvalue weighted by Crippen LogP contribution is -2.46. The van der Waals surface area contributed by atoms with Crippen molar-refractivity contribution in [2.24, 2.45) is 11.8 Å². The summed E-state index contributed by atoms with van der Waals surface area (Å²) in [5, 5.41) is 9.82. The van der Waals surface area contributed by atoms with Gasteiger partial charge >= 0.3 is 0 Å². The Balaban J connectivity index is 2.16. The molecule has 98 valence electrons. The Morgan fingerprint density at radius 2 is 2.44 bits per heavy atom. The first kappa shape index (κ1) is 12.8. The first-order valence-corrected chi connectivity index (χ1v) is 6.01. The van der Waals surface area contributed by atoms with Crippen molar-refractivity contribution in [2.75, 3.05) is 18.5 Å². The summed E-state index contributed by atoms with van der Waals surface area (Å²) in [5.41, 5.74) is 3.44. The van der Waals surface area contributed by atoms with E-state index in [0.29, 0.717) is 24.3 Å². The van der Waals surface area contributed by atoms with Gasteiger partial charge in [-0.05, 0) is 18.4 Å². The number of hydrogen-bond donors (Lipinski definition) is 3. The molecule has 2 atom stereocenters. The number of pyridine rings is 1. The van der Waals surface area contributed by atoms with Crippen LogP contribution in [0.1, 0.15) is 23.7 Å². The first-order chi connectivity index (χ1) is 8.63. The molecule has 0 spiro atoms. The van der Waals surface area contributed by atoms with Crippen LogP contribution in [0.3, 0.4) is 0 Å². The van der Waals surface area contributed by atoms with Crippen LogP contribution >= 0.6 is 0 Å². The maximum atomic E-state index is 12.3. The Labute approximate surface area is 106 Å². The molecule has 18 heavy (non-hydrogen) atoms. The minimum absolute atomic E-state index is 0.128. The van der Waals surface area contributed by atoms with E-state index < -0.39 is 6.10 Å². The fraction of sp³-hybridized carbons (Fsp3) is 0.500. The van der Waals surface area contributed by atoms with Crippen molar-refractivity contribution in [3.63, 3.8) is 0 Å². The highest BCUT2D eigenvalue weighted by atomic mass is 16.3. The third-order valence-electron chi connectivity index (χ3n) is 3.41. The number of amides is 1. The zero-order chi connectivity index (χ0) is 13.1. The van der Waals surface area contributed by atoms with Gasteiger partial charge < -0.3 is 15.4 Å². The van der Waals surface area contributed by atoms with Crippen LogP contribution in [0.15, 0.2) is 18.5 Å². The molecule has 6 heteroatoms. The number of hydrazine groups is 1. The van der Waals surface area contributed by atoms with Crippen LogP contribution in [0.5, 0.6) is 0 Å². The van der Waals surface area contributed by atoms with E-state index in [4.69, 9.17) is 5.84 Å². The third kappa shape index (κ3) is 2.44. The van der Waals surface area contributed by atoms with Gasteiger partial charge in [-0.1, -0.05) is 6.92 Å². The molecule has 0 aromatic carbocycles. The van der Waals surface area contributed by atoms with Crippen LogP contribution in [0.25, 0.3) is 0 Å². The largest absolute Gasteiger partial charge is 0.391 e. The number of β-amino-alcohol motifs (C(OH)–C–C–N with tert-alkyl or cyclic N) is 1. The third-order valence-corrected chi connectivity index (χ3v) is 3.41. The van der Waals surface area contributed by atoms with Gasteiger partial charge in [0.15, 0.2) is 0 Å². The minimum Gasteiger partial charge on any atom is -0.391 e. The van der Waals surface area contributed by atoms with Gasteiger partial charge in [-0.15, -0.1) is 0 Å². The Kier molecular flexibility index (Phi) is 3.78. The molecule has 2 unspecified atom stereocenters. The number of nitrogen functional groups attached to an aromatic ring is 1. The molecule has 2 rings (SSSR count). The molecule has 1 aliphatic heterocycles. The van der Waals surface area contributed by atoms with Gasteiger partial charge in [-0.3, -0.25) is 15.6 Å². The molecular formula is C12H18N4O2. The van der Waals surface area contributed by atoms with Gasteiger partial charge in [0.1, 0.15) is 0 Å². The number of aliphatic hydroxyl groups is 1. The van der Waals surface area contributed by atoms with Crippen molar-refractivity contribution in [3.05, 3.63) is 24.0 Å². The smallest absolute Gasteiger partial charge is 0.256 e. The molecule has 1 aliphatic rings. The second-order valence-electron chi connectivity index (χ2n) is 4.65. The van der Waals surface area contributed by atoms with Gasteiger partial charge in [0.2, 0.25) is 0 Å². The molecule has 6 nitrogen and oxygen atoms in total. The lowest BCUT2D eigenvalue weighted by Gasteiger charge is -2.34. The van der Waals surface area contributed by atoms with E-state index in [1.165, 1.54) is 6.20 Å². The molecular weight excluding hydrogens is 232 g/mol. The topological polar surface area (TPSA) is 91.5 Å². The summed E-state index contributed by atoms with van der Waals surface area (Å²) < 4.78 is 0. The van der Waals surface area contributed by atoms with Crippen molar-refractivity contribution in [1.82, 2.24) is 9.88 Å². The Hall–Kier alpha value is -1.66. The SMILES string of the molecule is CC1CCN(C(=O)c2ccncc2NN)CC1O. The predicted octanol–water partition coefficient (Wildman–Crippen LogP) is 0.210. The number of likely N-dealkylation sites (tertiary alicyclic amines) is 1. The summed E-state index contributed by atoms with van der Waals surface area (Å²) in [6.45, 7) is 3.02. The second kappa shape index (κ2) is 5.32. The molecule has 0 bridgehead atoms. The number of rotatable bonds is 2. The van der Waals surface area contributed by atoms with E-state index in [9.17, 15) is 9.90 Å². The highest BCUT2D eigenvalue weighted by molar-refractivity contribution is 5.99. The lowest BCUT2D eigenvalue weighted by atomic mass is 9.95. The fourth-order valence-electron chi connectivity index (χ4n) is 2.10. The minimum atomic E-state index is -0.459. The maximum Gasteiger partial charge on any atom is 0.256 e. The number of nitrogens with one attached hydrogen (secondary N) is 1. The normalized spacial score (nSPS) is 23.8. The highest BCUT2D eigenvalue weighted by Gasteiger charge is 2.28. The van der Waals surface area contributed by atoms with Crippen molar-refractivity contribution >= 4 is 11.6 Å². The van der Waals surface area contributed by atoms with Crippen LogP contribution in [0, 0.1) is 5.92 Å². The molecule has 1 aromatic heterocycles. The summed E-state index contributed by atoms with van der Waals surface area (Å²) in [6.07, 6.45) is 3.41. The van der Waals surface area contributed by atoms with Crippen LogP contribution in [-0.2, 0) is 0 Å². The second-order valence-corrected chi connectivity index (χ2v) is 4.65. The number of piperidine rings is 1. The van der Waals surface area contributed by atoms with Crippen molar-refractivity contribution in [1.29, 1.82) is 0 Å². The zero-order valence-electron chi connectivity index (χ0n) is 10.3. The summed E-state index contributed by atoms with van der Waals surface area (Å²) in [7, 11) is 0. The van der Waals surface area contributed by atoms with E-state index >= 15 is 0 Å². The number of carbonyl (C=O) groups excluding carboxylic acids is 1. The number of carbonyl (C=O) groups is 1. The molecule has 0 saturated carbocycles. The number of aliphatic hydroxyl groups excluding tert-OH is 1. The first-order valence-electron chi connectivity index (χ1n) is 6.01. The van der Waals surface area contributed by atoms with Crippen molar-refractivity contribution < 1.29 is 9.90 Å². The monoisotopic (exact) mass is 250 g/mol. The number of hydrogen-bond acceptors (Lipinski definition) is 5. The van der Waals surface area contributed by atoms with Crippen LogP contribution in [0.2, 0.25) is 0 Å². The van der Waals surface area contributed by atoms with E-state index in [2.05, 4.69) is 10.4 Å². The van der Waals surface area contributed by atoms with Crippen molar-refractivity contribution in [3.8, 4) is 0 Å². The van der Waals surface area contributed by atoms with E-state index in [1.807, 2.05) is 6.92 Å². The van der Waals surface area contributed by atoms with Crippen LogP contribution < -0.4 is 11.3 Å². The lowest BCUT2D eigenvalue weighted by molar-refractivity contribution is 0.0249. The van der Waals surface area contributed by atoms with Gasteiger partial charge in [-0.25, -0.2) is 0 Å². The quantitative estimate of drug-likeness (QED) is 0.515. The van der Waals surface area contributed by atoms with Gasteiger partial charge in [-0.2, -0.15) is 0 Å². The van der Waals surface area contributed by atoms with Gasteiger partial charge in [0, 0.05) is 19.3 Å². The van der Waals surface area contributed by atoms with Gasteiger partial charge in [0.25, 0.3) is 5.91 Å². The summed E-state index contributed by atoms with van der Waals surface area (Å²) >= 11 is 0. The maximum absolute atomic E-state index is 12.3. The fourth-order valence-corrected chi connectivity index (χ4v) is 2.10. The average molecular weight is 250 g/mol. The standard InChI is InChI=1S/C12H18N4O2/c1-8-3-5-16(7-11(8)17)12(18)9-2-4-14-6-10(9)15-13/h2,4,6,8,11,15,17H,3,5,7,13H2,1H3. The molecule has 2 heterocycles. The Morgan fingerprint density at radius 1 is 1.67 bits per heavy atom. The molecule has 0 radical (unpaired) electrons. The number of nitrogens with zero attached hydrogens (tertiary/aromatic N) is 2. The number of nitrogens with two attached hydrogens (primary N) is 1. The molecule has 1 saturated heterocycles. The molecule has 4 N–H and O–H groups in total. The molecule has 1 aromatic rings. The van der Waals surface area contributed by atoms with E-state index in [-0.39, 0.29) is 11.8 Å². The zero-order valence-corrected chi connectivity index (χ0v) is 10.3. The highest BCUT2D eigenvalue weighted by Crippen LogP contribution is 2.21. The molecule has 1 fully saturated rings. The van der Waals surface area contributed by atoms with Gasteiger partial charge in [0.05, 0.1) is 23.6 Å². The number of anilines is 1. The summed E-state index contributed by atoms with van der Waals surface area (Å²) in [4.78, 5) is 17.9. The summed E-state index contributed by atoms with van der Waals surface area (Å²) in [6, 6.07) is 1.63. The Bertz CT molecular complexity index is 438. The molecule has 0 aliphatic carbocycles. The summed E-state index contributed by atoms with van der Waals surface area (Å²) in [5.74, 6) is 5.46. The van der Waals surface area contributed by atoms with Crippen LogP contribution in [0.4, 0.5) is 5.69 Å². The average Bonchev–Trinajstić information content (AvgIpc) is 2.41. The van der Waals surface area contributed by atoms with Crippen LogP contribution in [-0.4, -0.2) is 40.1 Å². The number of aromatic nitrogens is 1. The van der Waals surface area contributed by atoms with E-state index in [1.54, 1.807) is 17.2 Å². The van der Waals surface area contributed by atoms with Crippen molar-refractivity contribution in [2.45, 2.75) is 19.4 Å². The Morgan fingerprint density at radius 3 is 3.11 bits per heavy atom. The van der Waals surface area contributed by atoms with E-state index in [0.717, 1.165) is 6.42 Å². The molecule has 1 amide bonds.